The Morgan fingerprint density at radius 1 is 0.893 bits per heavy atom. The molecule has 0 aliphatic rings. The number of rotatable bonds is 6. The zero-order chi connectivity index (χ0) is 19.2. The van der Waals surface area contributed by atoms with Gasteiger partial charge >= 0.3 is 6.09 Å². The molecule has 1 heterocycles. The first kappa shape index (κ1) is 17.8. The lowest BCUT2D eigenvalue weighted by Gasteiger charge is -2.21. The van der Waals surface area contributed by atoms with Gasteiger partial charge in [-0.15, -0.1) is 0 Å². The lowest BCUT2D eigenvalue weighted by molar-refractivity contribution is 0.131. The number of hydrogen-bond donors (Lipinski definition) is 1. The highest BCUT2D eigenvalue weighted by Crippen LogP contribution is 2.19. The fourth-order valence-corrected chi connectivity index (χ4v) is 3.18. The Balaban J connectivity index is 1.53. The summed E-state index contributed by atoms with van der Waals surface area (Å²) in [4.78, 5) is 16.9. The molecule has 0 bridgehead atoms. The summed E-state index contributed by atoms with van der Waals surface area (Å²) in [5, 5.41) is 2.99. The van der Waals surface area contributed by atoms with Crippen molar-refractivity contribution in [2.24, 2.45) is 0 Å². The minimum Gasteiger partial charge on any atom is -0.445 e. The number of hydrogen-bond acceptors (Lipinski definition) is 3. The monoisotopic (exact) mass is 371 g/mol. The summed E-state index contributed by atoms with van der Waals surface area (Å²) in [7, 11) is 0. The van der Waals surface area contributed by atoms with Crippen LogP contribution in [0.4, 0.5) is 4.79 Å². The van der Waals surface area contributed by atoms with E-state index in [1.165, 1.54) is 0 Å². The standard InChI is InChI=1S/C23H21N3O2/c27-23(28-16-19-11-5-2-6-12-19)25-22(15-18-9-3-1-4-10-18)26-17-24-20-13-7-8-14-21(20)26/h1-14,17,22H,15-16H2,(H,25,27). The van der Waals surface area contributed by atoms with Crippen molar-refractivity contribution in [1.29, 1.82) is 0 Å². The van der Waals surface area contributed by atoms with Crippen molar-refractivity contribution >= 4 is 17.1 Å². The predicted molar refractivity (Wildman–Crippen MR) is 109 cm³/mol. The quantitative estimate of drug-likeness (QED) is 0.534. The first-order valence-corrected chi connectivity index (χ1v) is 9.22. The Labute approximate surface area is 163 Å². The van der Waals surface area contributed by atoms with Gasteiger partial charge in [0.25, 0.3) is 0 Å². The topological polar surface area (TPSA) is 56.2 Å². The summed E-state index contributed by atoms with van der Waals surface area (Å²) in [5.41, 5.74) is 3.92. The minimum absolute atomic E-state index is 0.232. The summed E-state index contributed by atoms with van der Waals surface area (Å²) in [6.07, 6.45) is 1.62. The van der Waals surface area contributed by atoms with Crippen LogP contribution in [-0.4, -0.2) is 15.6 Å². The molecule has 5 nitrogen and oxygen atoms in total. The lowest BCUT2D eigenvalue weighted by atomic mass is 10.1. The van der Waals surface area contributed by atoms with E-state index in [-0.39, 0.29) is 12.8 Å². The Kier molecular flexibility index (Phi) is 5.33. The molecule has 0 radical (unpaired) electrons. The largest absolute Gasteiger partial charge is 0.445 e. The SMILES string of the molecule is O=C(NC(Cc1ccccc1)n1cnc2ccccc21)OCc1ccccc1. The molecule has 0 saturated heterocycles. The Hall–Kier alpha value is -3.60. The smallest absolute Gasteiger partial charge is 0.409 e. The number of para-hydroxylation sites is 2. The third kappa shape index (κ3) is 4.20. The Bertz CT molecular complexity index is 1050. The van der Waals surface area contributed by atoms with Gasteiger partial charge in [-0.05, 0) is 23.3 Å². The fraction of sp³-hybridized carbons (Fsp3) is 0.130. The van der Waals surface area contributed by atoms with Crippen molar-refractivity contribution in [3.8, 4) is 0 Å². The second-order valence-electron chi connectivity index (χ2n) is 6.55. The summed E-state index contributed by atoms with van der Waals surface area (Å²) >= 11 is 0. The van der Waals surface area contributed by atoms with Crippen LogP contribution in [-0.2, 0) is 17.8 Å². The molecule has 4 aromatic rings. The molecule has 1 N–H and O–H groups in total. The Morgan fingerprint density at radius 3 is 2.29 bits per heavy atom. The number of aromatic nitrogens is 2. The molecule has 0 aliphatic carbocycles. The van der Waals surface area contributed by atoms with Crippen molar-refractivity contribution in [2.75, 3.05) is 0 Å². The van der Waals surface area contributed by atoms with E-state index >= 15 is 0 Å². The van der Waals surface area contributed by atoms with Crippen molar-refractivity contribution in [3.63, 3.8) is 0 Å². The van der Waals surface area contributed by atoms with E-state index in [0.29, 0.717) is 6.42 Å². The number of nitrogens with zero attached hydrogens (tertiary/aromatic N) is 2. The highest BCUT2D eigenvalue weighted by molar-refractivity contribution is 5.75. The fourth-order valence-electron chi connectivity index (χ4n) is 3.18. The number of ether oxygens (including phenoxy) is 1. The van der Waals surface area contributed by atoms with Gasteiger partial charge in [0.05, 0.1) is 17.4 Å². The van der Waals surface area contributed by atoms with Crippen LogP contribution in [0, 0.1) is 0 Å². The van der Waals surface area contributed by atoms with E-state index in [9.17, 15) is 4.79 Å². The summed E-state index contributed by atoms with van der Waals surface area (Å²) in [6, 6.07) is 27.6. The molecule has 5 heteroatoms. The first-order chi connectivity index (χ1) is 13.8. The first-order valence-electron chi connectivity index (χ1n) is 9.22. The maximum Gasteiger partial charge on any atom is 0.409 e. The number of alkyl carbamates (subject to hydrolysis) is 1. The molecule has 0 fully saturated rings. The molecule has 1 atom stereocenters. The maximum atomic E-state index is 12.5. The van der Waals surface area contributed by atoms with Gasteiger partial charge in [0.2, 0.25) is 0 Å². The number of amides is 1. The predicted octanol–water partition coefficient (Wildman–Crippen LogP) is 4.70. The number of benzene rings is 3. The zero-order valence-electron chi connectivity index (χ0n) is 15.4. The summed E-state index contributed by atoms with van der Waals surface area (Å²) in [6.45, 7) is 0.232. The van der Waals surface area contributed by atoms with Crippen LogP contribution >= 0.6 is 0 Å². The van der Waals surface area contributed by atoms with Gasteiger partial charge < -0.3 is 14.6 Å². The number of carbonyl (C=O) groups is 1. The van der Waals surface area contributed by atoms with Gasteiger partial charge in [0.1, 0.15) is 12.8 Å². The lowest BCUT2D eigenvalue weighted by Crippen LogP contribution is -2.34. The average molecular weight is 371 g/mol. The minimum atomic E-state index is -0.456. The molecule has 0 saturated carbocycles. The van der Waals surface area contributed by atoms with Crippen molar-refractivity contribution < 1.29 is 9.53 Å². The molecular weight excluding hydrogens is 350 g/mol. The van der Waals surface area contributed by atoms with Crippen LogP contribution in [0.1, 0.15) is 17.3 Å². The zero-order valence-corrected chi connectivity index (χ0v) is 15.4. The van der Waals surface area contributed by atoms with Crippen LogP contribution in [0.2, 0.25) is 0 Å². The van der Waals surface area contributed by atoms with Crippen molar-refractivity contribution in [3.05, 3.63) is 102 Å². The molecule has 1 unspecified atom stereocenters. The van der Waals surface area contributed by atoms with E-state index in [1.54, 1.807) is 6.33 Å². The van der Waals surface area contributed by atoms with E-state index in [1.807, 2.05) is 89.5 Å². The third-order valence-corrected chi connectivity index (χ3v) is 4.59. The average Bonchev–Trinajstić information content (AvgIpc) is 3.17. The third-order valence-electron chi connectivity index (χ3n) is 4.59. The van der Waals surface area contributed by atoms with Gasteiger partial charge in [0, 0.05) is 6.42 Å². The highest BCUT2D eigenvalue weighted by atomic mass is 16.5. The van der Waals surface area contributed by atoms with Gasteiger partial charge in [-0.2, -0.15) is 0 Å². The molecule has 0 aliphatic heterocycles. The van der Waals surface area contributed by atoms with Gasteiger partial charge in [-0.25, -0.2) is 9.78 Å². The van der Waals surface area contributed by atoms with Gasteiger partial charge in [-0.3, -0.25) is 0 Å². The number of nitrogens with one attached hydrogen (secondary N) is 1. The molecule has 0 spiro atoms. The van der Waals surface area contributed by atoms with Crippen LogP contribution in [0.5, 0.6) is 0 Å². The van der Waals surface area contributed by atoms with Gasteiger partial charge in [-0.1, -0.05) is 72.8 Å². The molecule has 1 amide bonds. The van der Waals surface area contributed by atoms with Crippen molar-refractivity contribution in [2.45, 2.75) is 19.2 Å². The van der Waals surface area contributed by atoms with Crippen LogP contribution in [0.25, 0.3) is 11.0 Å². The highest BCUT2D eigenvalue weighted by Gasteiger charge is 2.18. The second-order valence-corrected chi connectivity index (χ2v) is 6.55. The number of carbonyl (C=O) groups excluding carboxylic acids is 1. The molecular formula is C23H21N3O2. The maximum absolute atomic E-state index is 12.5. The van der Waals surface area contributed by atoms with Crippen LogP contribution in [0.3, 0.4) is 0 Å². The van der Waals surface area contributed by atoms with E-state index in [2.05, 4.69) is 10.3 Å². The molecule has 1 aromatic heterocycles. The normalized spacial score (nSPS) is 11.9. The second kappa shape index (κ2) is 8.39. The number of fused-ring (bicyclic) bond motifs is 1. The molecule has 140 valence electrons. The van der Waals surface area contributed by atoms with E-state index in [4.69, 9.17) is 4.74 Å². The molecule has 28 heavy (non-hydrogen) atoms. The Morgan fingerprint density at radius 2 is 1.54 bits per heavy atom. The van der Waals surface area contributed by atoms with Crippen molar-refractivity contribution in [1.82, 2.24) is 14.9 Å². The summed E-state index contributed by atoms with van der Waals surface area (Å²) in [5.74, 6) is 0. The molecule has 3 aromatic carbocycles. The van der Waals surface area contributed by atoms with Crippen LogP contribution in [0.15, 0.2) is 91.3 Å². The summed E-state index contributed by atoms with van der Waals surface area (Å²) < 4.78 is 7.40. The van der Waals surface area contributed by atoms with E-state index in [0.717, 1.165) is 22.2 Å². The van der Waals surface area contributed by atoms with Crippen LogP contribution < -0.4 is 5.32 Å². The van der Waals surface area contributed by atoms with E-state index < -0.39 is 6.09 Å². The number of imidazole rings is 1. The van der Waals surface area contributed by atoms with Gasteiger partial charge in [0.15, 0.2) is 0 Å². The molecule has 4 rings (SSSR count).